The maximum atomic E-state index is 12.6. The number of alkyl halides is 3. The average Bonchev–Trinajstić information content (AvgIpc) is 2.27. The van der Waals surface area contributed by atoms with Crippen LogP contribution in [-0.2, 0) is 10.6 Å². The molecule has 0 amide bonds. The van der Waals surface area contributed by atoms with Crippen molar-refractivity contribution >= 4 is 40.2 Å². The number of ether oxygens (including phenoxy) is 1. The summed E-state index contributed by atoms with van der Waals surface area (Å²) in [7, 11) is 1.15. The Morgan fingerprint density at radius 2 is 2.31 bits per heavy atom. The second kappa shape index (κ2) is 5.72. The Kier molecular flexibility index (Phi) is 4.85. The van der Waals surface area contributed by atoms with Crippen molar-refractivity contribution in [1.82, 2.24) is 4.98 Å². The maximum Gasteiger partial charge on any atom is 0.356 e. The molecule has 16 heavy (non-hydrogen) atoms. The molecule has 0 aliphatic carbocycles. The first kappa shape index (κ1) is 13.6. The van der Waals surface area contributed by atoms with Crippen molar-refractivity contribution in [2.24, 2.45) is 0 Å². The number of methoxy groups -OCH3 is 1. The molecular weight excluding hydrogens is 354 g/mol. The third-order valence-electron chi connectivity index (χ3n) is 1.81. The number of carbonyl (C=O) groups excluding carboxylic acids is 1. The minimum atomic E-state index is -2.74. The molecule has 0 aliphatic heterocycles. The third kappa shape index (κ3) is 2.79. The Bertz CT molecular complexity index is 415. The van der Waals surface area contributed by atoms with Crippen molar-refractivity contribution in [3.8, 4) is 0 Å². The topological polar surface area (TPSA) is 39.2 Å². The van der Waals surface area contributed by atoms with Crippen LogP contribution in [0.4, 0.5) is 8.78 Å². The Labute approximate surface area is 109 Å². The van der Waals surface area contributed by atoms with Crippen LogP contribution in [0.1, 0.15) is 28.2 Å². The van der Waals surface area contributed by atoms with Gasteiger partial charge in [0, 0.05) is 15.0 Å². The summed E-state index contributed by atoms with van der Waals surface area (Å²) in [5.41, 5.74) is -0.217. The summed E-state index contributed by atoms with van der Waals surface area (Å²) >= 11 is 7.32. The van der Waals surface area contributed by atoms with Gasteiger partial charge in [0.05, 0.1) is 7.11 Å². The van der Waals surface area contributed by atoms with Gasteiger partial charge >= 0.3 is 5.97 Å². The molecule has 0 aromatic carbocycles. The van der Waals surface area contributed by atoms with E-state index < -0.39 is 18.1 Å². The van der Waals surface area contributed by atoms with E-state index in [4.69, 9.17) is 11.6 Å². The van der Waals surface area contributed by atoms with E-state index in [0.29, 0.717) is 5.56 Å². The van der Waals surface area contributed by atoms with E-state index in [2.05, 4.69) is 9.72 Å². The Hall–Kier alpha value is -0.500. The lowest BCUT2D eigenvalue weighted by Gasteiger charge is -2.09. The summed E-state index contributed by atoms with van der Waals surface area (Å²) < 4.78 is 29.8. The highest BCUT2D eigenvalue weighted by molar-refractivity contribution is 14.1. The predicted molar refractivity (Wildman–Crippen MR) is 62.8 cm³/mol. The van der Waals surface area contributed by atoms with Gasteiger partial charge in [-0.05, 0) is 28.7 Å². The van der Waals surface area contributed by atoms with Gasteiger partial charge in [0.1, 0.15) is 5.69 Å². The number of esters is 1. The number of rotatable bonds is 3. The highest BCUT2D eigenvalue weighted by atomic mass is 127. The minimum Gasteiger partial charge on any atom is -0.464 e. The molecule has 0 fully saturated rings. The molecule has 1 rings (SSSR count). The van der Waals surface area contributed by atoms with Crippen LogP contribution in [0.5, 0.6) is 0 Å². The minimum absolute atomic E-state index is 0.0109. The van der Waals surface area contributed by atoms with E-state index in [1.165, 1.54) is 6.07 Å². The summed E-state index contributed by atoms with van der Waals surface area (Å²) in [6.45, 7) is 0. The molecule has 0 saturated carbocycles. The van der Waals surface area contributed by atoms with Crippen molar-refractivity contribution in [3.63, 3.8) is 0 Å². The number of halogens is 4. The largest absolute Gasteiger partial charge is 0.464 e. The average molecular weight is 362 g/mol. The Morgan fingerprint density at radius 1 is 1.69 bits per heavy atom. The first-order valence-electron chi connectivity index (χ1n) is 4.13. The fraction of sp³-hybridized carbons (Fsp3) is 0.333. The Morgan fingerprint density at radius 3 is 2.75 bits per heavy atom. The molecule has 0 radical (unpaired) electrons. The van der Waals surface area contributed by atoms with Crippen LogP contribution in [0.3, 0.4) is 0 Å². The first-order chi connectivity index (χ1) is 7.51. The van der Waals surface area contributed by atoms with Gasteiger partial charge in [-0.15, -0.1) is 11.6 Å². The predicted octanol–water partition coefficient (Wildman–Crippen LogP) is 3.15. The molecule has 1 aromatic rings. The highest BCUT2D eigenvalue weighted by Crippen LogP contribution is 2.25. The fourth-order valence-corrected chi connectivity index (χ4v) is 2.00. The van der Waals surface area contributed by atoms with Gasteiger partial charge in [0.2, 0.25) is 0 Å². The molecule has 1 aromatic heterocycles. The van der Waals surface area contributed by atoms with E-state index in [1.807, 2.05) is 0 Å². The summed E-state index contributed by atoms with van der Waals surface area (Å²) in [4.78, 5) is 14.9. The monoisotopic (exact) mass is 361 g/mol. The van der Waals surface area contributed by atoms with Gasteiger partial charge in [-0.25, -0.2) is 18.6 Å². The van der Waals surface area contributed by atoms with E-state index in [-0.39, 0.29) is 15.1 Å². The third-order valence-corrected chi connectivity index (χ3v) is 2.96. The zero-order valence-corrected chi connectivity index (χ0v) is 11.1. The molecule has 0 atom stereocenters. The van der Waals surface area contributed by atoms with Gasteiger partial charge < -0.3 is 4.74 Å². The number of pyridine rings is 1. The van der Waals surface area contributed by atoms with Crippen molar-refractivity contribution in [2.75, 3.05) is 7.11 Å². The zero-order chi connectivity index (χ0) is 12.3. The molecule has 0 saturated heterocycles. The number of nitrogens with zero attached hydrogens (tertiary/aromatic N) is 1. The van der Waals surface area contributed by atoms with E-state index in [9.17, 15) is 13.6 Å². The first-order valence-corrected chi connectivity index (χ1v) is 5.74. The molecule has 3 nitrogen and oxygen atoms in total. The van der Waals surface area contributed by atoms with Crippen molar-refractivity contribution in [2.45, 2.75) is 12.3 Å². The number of hydrogen-bond donors (Lipinski definition) is 0. The lowest BCUT2D eigenvalue weighted by molar-refractivity contribution is 0.0591. The van der Waals surface area contributed by atoms with Gasteiger partial charge in [-0.2, -0.15) is 0 Å². The number of aromatic nitrogens is 1. The SMILES string of the molecule is COC(=O)c1nc(C(F)F)c(I)cc1CCl. The molecule has 1 heterocycles. The van der Waals surface area contributed by atoms with Crippen LogP contribution in [0.2, 0.25) is 0 Å². The summed E-state index contributed by atoms with van der Waals surface area (Å²) in [5.74, 6) is -0.759. The van der Waals surface area contributed by atoms with Gasteiger partial charge in [0.15, 0.2) is 5.69 Å². The summed E-state index contributed by atoms with van der Waals surface area (Å²) in [6.07, 6.45) is -2.74. The van der Waals surface area contributed by atoms with Crippen molar-refractivity contribution in [1.29, 1.82) is 0 Å². The van der Waals surface area contributed by atoms with Gasteiger partial charge in [-0.1, -0.05) is 0 Å². The van der Waals surface area contributed by atoms with Gasteiger partial charge in [0.25, 0.3) is 6.43 Å². The zero-order valence-electron chi connectivity index (χ0n) is 8.14. The van der Waals surface area contributed by atoms with Crippen LogP contribution in [0.25, 0.3) is 0 Å². The van der Waals surface area contributed by atoms with Crippen LogP contribution < -0.4 is 0 Å². The van der Waals surface area contributed by atoms with Crippen molar-refractivity contribution in [3.05, 3.63) is 26.6 Å². The van der Waals surface area contributed by atoms with E-state index in [1.54, 1.807) is 22.6 Å². The number of carbonyl (C=O) groups is 1. The normalized spacial score (nSPS) is 10.6. The second-order valence-electron chi connectivity index (χ2n) is 2.79. The Balaban J connectivity index is 3.34. The maximum absolute atomic E-state index is 12.6. The fourth-order valence-electron chi connectivity index (χ4n) is 1.07. The second-order valence-corrected chi connectivity index (χ2v) is 4.22. The van der Waals surface area contributed by atoms with Crippen LogP contribution >= 0.6 is 34.2 Å². The van der Waals surface area contributed by atoms with Crippen LogP contribution in [0, 0.1) is 3.57 Å². The molecule has 0 unspecified atom stereocenters. The molecule has 0 bridgehead atoms. The smallest absolute Gasteiger partial charge is 0.356 e. The quantitative estimate of drug-likeness (QED) is 0.472. The highest BCUT2D eigenvalue weighted by Gasteiger charge is 2.21. The van der Waals surface area contributed by atoms with E-state index >= 15 is 0 Å². The molecule has 0 spiro atoms. The standard InChI is InChI=1S/C9H7ClF2INO2/c1-16-9(15)6-4(3-10)2-5(13)7(14-6)8(11)12/h2,8H,3H2,1H3. The summed E-state index contributed by atoms with van der Waals surface area (Å²) in [5, 5.41) is 0. The molecule has 0 N–H and O–H groups in total. The van der Waals surface area contributed by atoms with Crippen LogP contribution in [-0.4, -0.2) is 18.1 Å². The van der Waals surface area contributed by atoms with E-state index in [0.717, 1.165) is 7.11 Å². The number of hydrogen-bond acceptors (Lipinski definition) is 3. The van der Waals surface area contributed by atoms with Crippen molar-refractivity contribution < 1.29 is 18.3 Å². The lowest BCUT2D eigenvalue weighted by atomic mass is 10.2. The molecule has 88 valence electrons. The lowest BCUT2D eigenvalue weighted by Crippen LogP contribution is -2.11. The summed E-state index contributed by atoms with van der Waals surface area (Å²) in [6, 6.07) is 1.41. The molecule has 0 aliphatic rings. The van der Waals surface area contributed by atoms with Gasteiger partial charge in [-0.3, -0.25) is 0 Å². The molecular formula is C9H7ClF2INO2. The van der Waals surface area contributed by atoms with Crippen LogP contribution in [0.15, 0.2) is 6.07 Å². The molecule has 7 heteroatoms.